The van der Waals surface area contributed by atoms with Crippen molar-refractivity contribution in [3.05, 3.63) is 10.6 Å². The number of aromatic nitrogens is 1. The van der Waals surface area contributed by atoms with E-state index in [1.165, 1.54) is 4.88 Å². The number of ether oxygens (including phenoxy) is 1. The van der Waals surface area contributed by atoms with E-state index < -0.39 is 0 Å². The van der Waals surface area contributed by atoms with Crippen LogP contribution >= 0.6 is 11.3 Å². The van der Waals surface area contributed by atoms with Crippen molar-refractivity contribution in [1.29, 1.82) is 0 Å². The van der Waals surface area contributed by atoms with E-state index in [0.717, 1.165) is 43.4 Å². The molecule has 0 saturated heterocycles. The highest BCUT2D eigenvalue weighted by Gasteiger charge is 2.14. The Labute approximate surface area is 126 Å². The van der Waals surface area contributed by atoms with Gasteiger partial charge in [-0.1, -0.05) is 0 Å². The summed E-state index contributed by atoms with van der Waals surface area (Å²) < 4.78 is 5.25. The lowest BCUT2D eigenvalue weighted by Gasteiger charge is -2.20. The van der Waals surface area contributed by atoms with Gasteiger partial charge in [-0.05, 0) is 41.0 Å². The second kappa shape index (κ2) is 9.28. The number of anilines is 1. The van der Waals surface area contributed by atoms with E-state index in [0.29, 0.717) is 6.61 Å². The molecule has 20 heavy (non-hydrogen) atoms. The number of hydrogen-bond donors (Lipinski definition) is 1. The number of rotatable bonds is 10. The van der Waals surface area contributed by atoms with E-state index in [4.69, 9.17) is 9.72 Å². The molecule has 0 aliphatic rings. The summed E-state index contributed by atoms with van der Waals surface area (Å²) in [5, 5.41) is 4.32. The van der Waals surface area contributed by atoms with Gasteiger partial charge in [0, 0.05) is 31.6 Å². The fourth-order valence-corrected chi connectivity index (χ4v) is 3.18. The Morgan fingerprint density at radius 3 is 2.60 bits per heavy atom. The van der Waals surface area contributed by atoms with Gasteiger partial charge in [0.2, 0.25) is 0 Å². The van der Waals surface area contributed by atoms with Crippen molar-refractivity contribution in [2.45, 2.75) is 26.5 Å². The van der Waals surface area contributed by atoms with Crippen LogP contribution in [0.5, 0.6) is 0 Å². The number of thiazole rings is 1. The van der Waals surface area contributed by atoms with Crippen LogP contribution < -0.4 is 10.2 Å². The minimum absolute atomic E-state index is 0.586. The molecule has 0 bridgehead atoms. The zero-order valence-electron chi connectivity index (χ0n) is 13.4. The fourth-order valence-electron chi connectivity index (χ4n) is 2.02. The van der Waals surface area contributed by atoms with Crippen LogP contribution in [0.25, 0.3) is 0 Å². The Morgan fingerprint density at radius 2 is 2.05 bits per heavy atom. The Hall–Kier alpha value is -0.690. The van der Waals surface area contributed by atoms with E-state index in [1.54, 1.807) is 18.4 Å². The molecule has 0 amide bonds. The average molecular weight is 300 g/mol. The molecular weight excluding hydrogens is 272 g/mol. The van der Waals surface area contributed by atoms with Gasteiger partial charge >= 0.3 is 0 Å². The van der Waals surface area contributed by atoms with E-state index in [2.05, 4.69) is 36.1 Å². The molecule has 0 aromatic carbocycles. The first-order valence-electron chi connectivity index (χ1n) is 7.14. The summed E-state index contributed by atoms with van der Waals surface area (Å²) in [4.78, 5) is 10.6. The summed E-state index contributed by atoms with van der Waals surface area (Å²) in [7, 11) is 7.91. The Morgan fingerprint density at radius 1 is 1.30 bits per heavy atom. The largest absolute Gasteiger partial charge is 0.378 e. The van der Waals surface area contributed by atoms with Gasteiger partial charge in [0.15, 0.2) is 5.13 Å². The van der Waals surface area contributed by atoms with Crippen molar-refractivity contribution in [2.24, 2.45) is 0 Å². The fraction of sp³-hybridized carbons (Fsp3) is 0.786. The first kappa shape index (κ1) is 17.4. The molecule has 0 aliphatic heterocycles. The topological polar surface area (TPSA) is 40.6 Å². The van der Waals surface area contributed by atoms with Crippen molar-refractivity contribution < 1.29 is 4.74 Å². The van der Waals surface area contributed by atoms with Gasteiger partial charge in [0.1, 0.15) is 0 Å². The number of hydrogen-bond acceptors (Lipinski definition) is 6. The van der Waals surface area contributed by atoms with Crippen LogP contribution in [0.15, 0.2) is 0 Å². The standard InChI is InChI=1S/C14H28N4OS/c1-6-18(9-7-8-17(3)4)14-16-12(11-19-5)13(20-14)10-15-2/h15H,6-11H2,1-5H3. The smallest absolute Gasteiger partial charge is 0.185 e. The normalized spacial score (nSPS) is 11.3. The molecule has 116 valence electrons. The van der Waals surface area contributed by atoms with Crippen LogP contribution in [0.3, 0.4) is 0 Å². The molecule has 0 fully saturated rings. The minimum Gasteiger partial charge on any atom is -0.378 e. The zero-order chi connectivity index (χ0) is 15.0. The van der Waals surface area contributed by atoms with Crippen molar-refractivity contribution >= 4 is 16.5 Å². The molecule has 0 aliphatic carbocycles. The van der Waals surface area contributed by atoms with E-state index in [-0.39, 0.29) is 0 Å². The second-order valence-electron chi connectivity index (χ2n) is 5.07. The third-order valence-corrected chi connectivity index (χ3v) is 4.23. The molecule has 0 saturated carbocycles. The predicted octanol–water partition coefficient (Wildman–Crippen LogP) is 1.79. The van der Waals surface area contributed by atoms with Crippen LogP contribution in [-0.2, 0) is 17.9 Å². The average Bonchev–Trinajstić information content (AvgIpc) is 2.78. The SMILES string of the molecule is CCN(CCCN(C)C)c1nc(COC)c(CNC)s1. The van der Waals surface area contributed by atoms with Crippen molar-refractivity contribution in [3.63, 3.8) is 0 Å². The van der Waals surface area contributed by atoms with Crippen LogP contribution in [0.2, 0.25) is 0 Å². The first-order chi connectivity index (χ1) is 9.62. The van der Waals surface area contributed by atoms with Crippen LogP contribution in [0.4, 0.5) is 5.13 Å². The molecular formula is C14H28N4OS. The molecule has 5 nitrogen and oxygen atoms in total. The van der Waals surface area contributed by atoms with Gasteiger partial charge in [-0.3, -0.25) is 0 Å². The molecule has 6 heteroatoms. The summed E-state index contributed by atoms with van der Waals surface area (Å²) in [6.45, 7) is 6.77. The molecule has 0 unspecified atom stereocenters. The molecule has 0 radical (unpaired) electrons. The van der Waals surface area contributed by atoms with Gasteiger partial charge in [-0.15, -0.1) is 11.3 Å². The monoisotopic (exact) mass is 300 g/mol. The molecule has 1 heterocycles. The molecule has 1 rings (SSSR count). The molecule has 1 aromatic heterocycles. The Balaban J connectivity index is 2.72. The summed E-state index contributed by atoms with van der Waals surface area (Å²) in [5.74, 6) is 0. The lowest BCUT2D eigenvalue weighted by Crippen LogP contribution is -2.26. The maximum Gasteiger partial charge on any atom is 0.185 e. The summed E-state index contributed by atoms with van der Waals surface area (Å²) >= 11 is 1.77. The molecule has 0 spiro atoms. The minimum atomic E-state index is 0.586. The Kier molecular flexibility index (Phi) is 8.06. The van der Waals surface area contributed by atoms with Gasteiger partial charge in [-0.2, -0.15) is 0 Å². The summed E-state index contributed by atoms with van der Waals surface area (Å²) in [5.41, 5.74) is 1.06. The number of methoxy groups -OCH3 is 1. The maximum atomic E-state index is 5.25. The summed E-state index contributed by atoms with van der Waals surface area (Å²) in [6, 6.07) is 0. The van der Waals surface area contributed by atoms with Crippen molar-refractivity contribution in [2.75, 3.05) is 52.8 Å². The van der Waals surface area contributed by atoms with Gasteiger partial charge in [0.25, 0.3) is 0 Å². The van der Waals surface area contributed by atoms with Crippen LogP contribution in [0, 0.1) is 0 Å². The highest BCUT2D eigenvalue weighted by atomic mass is 32.1. The van der Waals surface area contributed by atoms with Gasteiger partial charge in [0.05, 0.1) is 12.3 Å². The van der Waals surface area contributed by atoms with E-state index in [9.17, 15) is 0 Å². The summed E-state index contributed by atoms with van der Waals surface area (Å²) in [6.07, 6.45) is 1.15. The number of nitrogens with one attached hydrogen (secondary N) is 1. The predicted molar refractivity (Wildman–Crippen MR) is 86.6 cm³/mol. The first-order valence-corrected chi connectivity index (χ1v) is 7.95. The lowest BCUT2D eigenvalue weighted by atomic mass is 10.3. The second-order valence-corrected chi connectivity index (χ2v) is 6.13. The zero-order valence-corrected chi connectivity index (χ0v) is 14.2. The van der Waals surface area contributed by atoms with Crippen LogP contribution in [0.1, 0.15) is 23.9 Å². The third-order valence-electron chi connectivity index (χ3n) is 3.07. The van der Waals surface area contributed by atoms with Crippen molar-refractivity contribution in [1.82, 2.24) is 15.2 Å². The van der Waals surface area contributed by atoms with E-state index in [1.807, 2.05) is 7.05 Å². The van der Waals surface area contributed by atoms with E-state index >= 15 is 0 Å². The highest BCUT2D eigenvalue weighted by molar-refractivity contribution is 7.15. The number of nitrogens with zero attached hydrogens (tertiary/aromatic N) is 3. The van der Waals surface area contributed by atoms with Gasteiger partial charge in [-0.25, -0.2) is 4.98 Å². The molecule has 1 N–H and O–H groups in total. The molecule has 0 atom stereocenters. The van der Waals surface area contributed by atoms with Crippen LogP contribution in [-0.4, -0.2) is 57.8 Å². The highest BCUT2D eigenvalue weighted by Crippen LogP contribution is 2.27. The maximum absolute atomic E-state index is 5.25. The Bertz CT molecular complexity index is 358. The molecule has 1 aromatic rings. The lowest BCUT2D eigenvalue weighted by molar-refractivity contribution is 0.181. The quantitative estimate of drug-likeness (QED) is 0.713. The van der Waals surface area contributed by atoms with Crippen molar-refractivity contribution in [3.8, 4) is 0 Å². The van der Waals surface area contributed by atoms with Gasteiger partial charge < -0.3 is 19.9 Å². The third kappa shape index (κ3) is 5.36.